The molecule has 0 fully saturated rings. The van der Waals surface area contributed by atoms with E-state index in [-0.39, 0.29) is 23.7 Å². The average molecular weight is 763 g/mol. The Hall–Kier alpha value is 0.910. The van der Waals surface area contributed by atoms with Gasteiger partial charge in [-0.05, 0) is 12.8 Å². The number of aliphatic imine (C=N–C) groups is 2. The van der Waals surface area contributed by atoms with Crippen LogP contribution in [0.15, 0.2) is 9.98 Å². The van der Waals surface area contributed by atoms with Gasteiger partial charge in [0.1, 0.15) is 5.94 Å². The molecular weight excluding hydrogens is 721 g/mol. The van der Waals surface area contributed by atoms with Crippen LogP contribution in [0.25, 0.3) is 0 Å². The Bertz CT molecular complexity index is 732. The molecule has 246 valence electrons. The lowest BCUT2D eigenvalue weighted by atomic mass is 10.5. The van der Waals surface area contributed by atoms with E-state index in [1.807, 2.05) is 0 Å². The van der Waals surface area contributed by atoms with Crippen LogP contribution >= 0.6 is 94.1 Å². The molecule has 0 aliphatic heterocycles. The molecule has 11 nitrogen and oxygen atoms in total. The molecule has 0 aliphatic rings. The molecule has 0 rings (SSSR count). The van der Waals surface area contributed by atoms with Gasteiger partial charge < -0.3 is 25.7 Å². The molecule has 0 saturated heterocycles. The lowest BCUT2D eigenvalue weighted by Crippen LogP contribution is -2.18. The smallest absolute Gasteiger partial charge is 0.280 e. The molecule has 0 spiro atoms. The number of carbonyl (C=O) groups excluding carboxylic acids is 2. The van der Waals surface area contributed by atoms with Crippen LogP contribution in [0.5, 0.6) is 0 Å². The van der Waals surface area contributed by atoms with E-state index >= 15 is 0 Å². The van der Waals surface area contributed by atoms with E-state index in [4.69, 9.17) is 20.0 Å². The second-order valence-electron chi connectivity index (χ2n) is 7.18. The summed E-state index contributed by atoms with van der Waals surface area (Å²) in [4.78, 5) is 41.5. The Kier molecular flexibility index (Phi) is 37.2. The second kappa shape index (κ2) is 36.4. The van der Waals surface area contributed by atoms with Gasteiger partial charge in [0, 0.05) is 64.3 Å². The Morgan fingerprint density at radius 3 is 2.02 bits per heavy atom. The van der Waals surface area contributed by atoms with Gasteiger partial charge in [-0.3, -0.25) is 18.8 Å². The summed E-state index contributed by atoms with van der Waals surface area (Å²) in [5, 5.41) is 23.7. The summed E-state index contributed by atoms with van der Waals surface area (Å²) >= 11 is 12.4. The third-order valence-corrected chi connectivity index (χ3v) is 12.8. The van der Waals surface area contributed by atoms with Crippen LogP contribution in [-0.4, -0.2) is 131 Å². The number of aliphatic hydroxyl groups is 2. The van der Waals surface area contributed by atoms with Crippen LogP contribution in [0.3, 0.4) is 0 Å². The highest BCUT2D eigenvalue weighted by atomic mass is 32.2. The molecule has 0 bridgehead atoms. The molecule has 1 atom stereocenters. The Morgan fingerprint density at radius 2 is 1.33 bits per heavy atom. The number of hydrogen-bond acceptors (Lipinski definition) is 17. The summed E-state index contributed by atoms with van der Waals surface area (Å²) in [6, 6.07) is 0. The maximum Gasteiger partial charge on any atom is 0.280 e. The van der Waals surface area contributed by atoms with Crippen molar-refractivity contribution in [1.29, 1.82) is 0 Å². The van der Waals surface area contributed by atoms with Crippen LogP contribution < -0.4 is 10.6 Å². The van der Waals surface area contributed by atoms with Gasteiger partial charge in [0.2, 0.25) is 6.40 Å². The van der Waals surface area contributed by atoms with Crippen LogP contribution in [0.4, 0.5) is 9.59 Å². The van der Waals surface area contributed by atoms with E-state index in [9.17, 15) is 13.8 Å². The van der Waals surface area contributed by atoms with Crippen molar-refractivity contribution in [2.24, 2.45) is 9.98 Å². The molecule has 0 aromatic carbocycles. The highest BCUT2D eigenvalue weighted by Gasteiger charge is 2.02. The van der Waals surface area contributed by atoms with Gasteiger partial charge in [0.15, 0.2) is 0 Å². The number of hydrogen-bond donors (Lipinski definition) is 4. The van der Waals surface area contributed by atoms with Gasteiger partial charge in [-0.2, -0.15) is 4.89 Å². The molecule has 20 heteroatoms. The highest BCUT2D eigenvalue weighted by molar-refractivity contribution is 8.24. The van der Waals surface area contributed by atoms with Crippen LogP contribution in [0.2, 0.25) is 0 Å². The van der Waals surface area contributed by atoms with Gasteiger partial charge in [0.25, 0.3) is 10.5 Å². The zero-order valence-corrected chi connectivity index (χ0v) is 30.7. The minimum Gasteiger partial charge on any atom is -0.396 e. The van der Waals surface area contributed by atoms with E-state index in [1.165, 1.54) is 35.5 Å². The van der Waals surface area contributed by atoms with Crippen molar-refractivity contribution >= 4 is 127 Å². The van der Waals surface area contributed by atoms with Crippen molar-refractivity contribution in [3.63, 3.8) is 0 Å². The first kappa shape index (κ1) is 42.9. The number of carbonyl (C=O) groups is 2. The van der Waals surface area contributed by atoms with Crippen molar-refractivity contribution in [2.45, 2.75) is 12.8 Å². The maximum atomic E-state index is 11.9. The zero-order valence-electron chi connectivity index (χ0n) is 23.4. The fourth-order valence-electron chi connectivity index (χ4n) is 2.02. The molecule has 2 amide bonds. The summed E-state index contributed by atoms with van der Waals surface area (Å²) in [6.07, 6.45) is 2.45. The topological polar surface area (TPSA) is 159 Å². The Labute approximate surface area is 286 Å². The number of amides is 2. The van der Waals surface area contributed by atoms with Gasteiger partial charge in [-0.25, -0.2) is 4.99 Å². The lowest BCUT2D eigenvalue weighted by Gasteiger charge is -2.05. The van der Waals surface area contributed by atoms with E-state index in [2.05, 4.69) is 20.6 Å². The molecule has 0 aromatic heterocycles. The first-order valence-electron chi connectivity index (χ1n) is 12.7. The van der Waals surface area contributed by atoms with Gasteiger partial charge in [0.05, 0.1) is 39.9 Å². The van der Waals surface area contributed by atoms with E-state index in [1.54, 1.807) is 70.6 Å². The lowest BCUT2D eigenvalue weighted by molar-refractivity contribution is -0.196. The predicted molar refractivity (Wildman–Crippen MR) is 197 cm³/mol. The fraction of sp³-hybridized carbons (Fsp3) is 0.818. The van der Waals surface area contributed by atoms with E-state index in [0.29, 0.717) is 58.9 Å². The molecule has 0 heterocycles. The first-order valence-corrected chi connectivity index (χ1v) is 23.0. The average Bonchev–Trinajstić information content (AvgIpc) is 2.98. The quantitative estimate of drug-likeness (QED) is 0.0202. The molecule has 0 saturated carbocycles. The van der Waals surface area contributed by atoms with Crippen LogP contribution in [0, 0.1) is 0 Å². The number of nitrogens with one attached hydrogen (secondary N) is 2. The molecule has 1 unspecified atom stereocenters. The largest absolute Gasteiger partial charge is 0.396 e. The van der Waals surface area contributed by atoms with E-state index < -0.39 is 10.8 Å². The third kappa shape index (κ3) is 35.4. The molecule has 0 aliphatic carbocycles. The zero-order chi connectivity index (χ0) is 30.8. The monoisotopic (exact) mass is 762 g/mol. The van der Waals surface area contributed by atoms with Crippen molar-refractivity contribution in [2.75, 3.05) is 93.8 Å². The number of aliphatic hydroxyl groups excluding tert-OH is 2. The summed E-state index contributed by atoms with van der Waals surface area (Å²) in [6.45, 7) is 0.154. The van der Waals surface area contributed by atoms with Crippen molar-refractivity contribution in [3.8, 4) is 0 Å². The normalized spacial score (nSPS) is 12.2. The van der Waals surface area contributed by atoms with Crippen molar-refractivity contribution in [1.82, 2.24) is 10.6 Å². The van der Waals surface area contributed by atoms with Gasteiger partial charge in [-0.1, -0.05) is 23.5 Å². The summed E-state index contributed by atoms with van der Waals surface area (Å²) in [5.41, 5.74) is 1.45. The molecule has 42 heavy (non-hydrogen) atoms. The van der Waals surface area contributed by atoms with Gasteiger partial charge >= 0.3 is 0 Å². The summed E-state index contributed by atoms with van der Waals surface area (Å²) in [7, 11) is -1.10. The Balaban J connectivity index is 3.30. The molecule has 4 N–H and O–H groups in total. The molecule has 0 aromatic rings. The van der Waals surface area contributed by atoms with Gasteiger partial charge in [-0.15, -0.1) is 70.6 Å². The van der Waals surface area contributed by atoms with Crippen LogP contribution in [0.1, 0.15) is 12.8 Å². The molecule has 0 radical (unpaired) electrons. The van der Waals surface area contributed by atoms with E-state index in [0.717, 1.165) is 34.5 Å². The maximum absolute atomic E-state index is 11.9. The highest BCUT2D eigenvalue weighted by Crippen LogP contribution is 2.15. The SMILES string of the molecule is O=C(NCSCCSCN=COOCSCCSCSC(=O)NCSCCSCN=CS(=O)CCCO)SCCCO. The number of thioether (sulfide) groups is 8. The minimum absolute atomic E-state index is 0.0212. The first-order chi connectivity index (χ1) is 20.6. The fourth-order valence-corrected chi connectivity index (χ4v) is 9.53. The van der Waals surface area contributed by atoms with Crippen LogP contribution in [-0.2, 0) is 20.6 Å². The summed E-state index contributed by atoms with van der Waals surface area (Å²) in [5.74, 6) is 9.20. The number of rotatable bonds is 30. The minimum atomic E-state index is -1.10. The van der Waals surface area contributed by atoms with Crippen molar-refractivity contribution < 1.29 is 33.8 Å². The predicted octanol–water partition coefficient (Wildman–Crippen LogP) is 4.53. The third-order valence-electron chi connectivity index (χ3n) is 3.91. The van der Waals surface area contributed by atoms with Crippen molar-refractivity contribution in [3.05, 3.63) is 0 Å². The summed E-state index contributed by atoms with van der Waals surface area (Å²) < 4.78 is 11.5. The number of nitrogens with zero attached hydrogens (tertiary/aromatic N) is 2. The molecular formula is C22H42N4O7S9. The standard InChI is InChI=1S/C22H42N4O7S9/c27-3-1-5-40-21(29)25-16-36-8-6-34-14-23-13-32-33-19-38-10-11-39-20-41-22(30)26-17-37-9-7-35-15-24-18-42(31)12-2-4-28/h13,18,27-28H,1-12,14-17,19-20H2,(H,25,29)(H,26,30). The Morgan fingerprint density at radius 1 is 0.738 bits per heavy atom. The second-order valence-corrected chi connectivity index (χ2v) is 17.5.